The molecule has 0 aliphatic heterocycles. The number of fused-ring (bicyclic) bond motifs is 1. The van der Waals surface area contributed by atoms with Gasteiger partial charge in [0.1, 0.15) is 12.4 Å². The zero-order valence-electron chi connectivity index (χ0n) is 17.8. The second-order valence-corrected chi connectivity index (χ2v) is 7.64. The van der Waals surface area contributed by atoms with E-state index in [9.17, 15) is 22.7 Å². The number of hydrogen-bond donors (Lipinski definition) is 2. The van der Waals surface area contributed by atoms with Gasteiger partial charge >= 0.3 is 0 Å². The van der Waals surface area contributed by atoms with E-state index in [1.807, 2.05) is 0 Å². The molecule has 0 aliphatic carbocycles. The molecule has 0 aliphatic rings. The van der Waals surface area contributed by atoms with Gasteiger partial charge in [-0.25, -0.2) is 26.5 Å². The second kappa shape index (κ2) is 8.56. The lowest BCUT2D eigenvalue weighted by Gasteiger charge is -2.35. The van der Waals surface area contributed by atoms with Gasteiger partial charge in [-0.2, -0.15) is 4.98 Å². The molecule has 4 rings (SSSR count). The molecule has 0 saturated carbocycles. The fourth-order valence-corrected chi connectivity index (χ4v) is 3.57. The van der Waals surface area contributed by atoms with Crippen molar-refractivity contribution in [3.05, 3.63) is 77.7 Å². The van der Waals surface area contributed by atoms with Crippen molar-refractivity contribution in [1.29, 1.82) is 0 Å². The number of pyridine rings is 1. The number of nitrogens with zero attached hydrogens (tertiary/aromatic N) is 3. The summed E-state index contributed by atoms with van der Waals surface area (Å²) in [5.41, 5.74) is 2.44. The summed E-state index contributed by atoms with van der Waals surface area (Å²) in [6.07, 6.45) is 0.623. The third-order valence-corrected chi connectivity index (χ3v) is 5.49. The Morgan fingerprint density at radius 2 is 1.85 bits per heavy atom. The predicted octanol–water partition coefficient (Wildman–Crippen LogP) is 4.71. The van der Waals surface area contributed by atoms with E-state index in [2.05, 4.69) is 10.1 Å². The molecule has 2 heterocycles. The molecule has 0 fully saturated rings. The number of rotatable bonds is 7. The Morgan fingerprint density at radius 3 is 2.56 bits per heavy atom. The summed E-state index contributed by atoms with van der Waals surface area (Å²) in [6.45, 7) is -0.131. The van der Waals surface area contributed by atoms with Crippen LogP contribution >= 0.6 is 0 Å². The number of nitrogens with two attached hydrogens (primary N) is 1. The SMILES string of the molecule is CCC(F)(F)C(O)(COc1c(F)ccc(-c2ccn3nc(N)nc3c2)c1F)c1cccc(F)c1. The van der Waals surface area contributed by atoms with Gasteiger partial charge in [-0.1, -0.05) is 19.1 Å². The minimum Gasteiger partial charge on any atom is -0.484 e. The van der Waals surface area contributed by atoms with Crippen LogP contribution < -0.4 is 10.5 Å². The van der Waals surface area contributed by atoms with Crippen molar-refractivity contribution in [3.8, 4) is 16.9 Å². The number of halogens is 5. The molecule has 6 nitrogen and oxygen atoms in total. The Morgan fingerprint density at radius 1 is 1.09 bits per heavy atom. The smallest absolute Gasteiger partial charge is 0.283 e. The molecule has 0 radical (unpaired) electrons. The fraction of sp³-hybridized carbons (Fsp3) is 0.217. The van der Waals surface area contributed by atoms with Crippen LogP contribution in [0.4, 0.5) is 27.9 Å². The van der Waals surface area contributed by atoms with Gasteiger partial charge in [-0.15, -0.1) is 5.10 Å². The van der Waals surface area contributed by atoms with E-state index < -0.39 is 53.3 Å². The van der Waals surface area contributed by atoms with Crippen molar-refractivity contribution in [3.63, 3.8) is 0 Å². The highest BCUT2D eigenvalue weighted by molar-refractivity contribution is 5.69. The maximum absolute atomic E-state index is 15.3. The van der Waals surface area contributed by atoms with Gasteiger partial charge in [0, 0.05) is 18.2 Å². The van der Waals surface area contributed by atoms with E-state index in [1.54, 1.807) is 0 Å². The number of nitrogen functional groups attached to an aromatic ring is 1. The number of ether oxygens (including phenoxy) is 1. The summed E-state index contributed by atoms with van der Waals surface area (Å²) < 4.78 is 79.4. The van der Waals surface area contributed by atoms with E-state index in [0.717, 1.165) is 43.3 Å². The number of aliphatic hydroxyl groups is 1. The number of benzene rings is 2. The summed E-state index contributed by atoms with van der Waals surface area (Å²) in [5.74, 6) is -8.00. The molecule has 0 bridgehead atoms. The minimum absolute atomic E-state index is 0.00534. The van der Waals surface area contributed by atoms with Crippen molar-refractivity contribution in [2.45, 2.75) is 24.9 Å². The Labute approximate surface area is 190 Å². The van der Waals surface area contributed by atoms with Crippen molar-refractivity contribution in [2.24, 2.45) is 0 Å². The van der Waals surface area contributed by atoms with Crippen molar-refractivity contribution in [2.75, 3.05) is 12.3 Å². The first-order valence-electron chi connectivity index (χ1n) is 10.1. The number of anilines is 1. The molecular formula is C23H19F5N4O2. The zero-order chi connectivity index (χ0) is 24.7. The van der Waals surface area contributed by atoms with Crippen LogP contribution in [0.25, 0.3) is 16.8 Å². The quantitative estimate of drug-likeness (QED) is 0.376. The lowest BCUT2D eigenvalue weighted by molar-refractivity contribution is -0.203. The van der Waals surface area contributed by atoms with Crippen molar-refractivity contribution in [1.82, 2.24) is 14.6 Å². The summed E-state index contributed by atoms with van der Waals surface area (Å²) in [4.78, 5) is 3.97. The lowest BCUT2D eigenvalue weighted by atomic mass is 9.86. The highest BCUT2D eigenvalue weighted by atomic mass is 19.3. The first-order chi connectivity index (χ1) is 16.1. The van der Waals surface area contributed by atoms with Crippen molar-refractivity contribution < 1.29 is 31.8 Å². The molecule has 2 aromatic carbocycles. The summed E-state index contributed by atoms with van der Waals surface area (Å²) in [6, 6.07) is 8.90. The number of alkyl halides is 2. The zero-order valence-corrected chi connectivity index (χ0v) is 17.8. The fourth-order valence-electron chi connectivity index (χ4n) is 3.57. The van der Waals surface area contributed by atoms with Gasteiger partial charge in [0.25, 0.3) is 5.92 Å². The summed E-state index contributed by atoms with van der Waals surface area (Å²) in [5, 5.41) is 14.8. The van der Waals surface area contributed by atoms with E-state index in [0.29, 0.717) is 5.65 Å². The minimum atomic E-state index is -3.80. The normalized spacial score (nSPS) is 13.7. The standard InChI is InChI=1S/C23H19F5N4O2/c1-2-23(27,28)22(33,14-4-3-5-15(24)11-14)12-34-20-17(25)7-6-16(19(20)26)13-8-9-32-18(10-13)30-21(29)31-32/h3-11,33H,2,12H2,1H3,(H2,29,31). The first-order valence-corrected chi connectivity index (χ1v) is 10.1. The van der Waals surface area contributed by atoms with E-state index in [-0.39, 0.29) is 17.1 Å². The molecule has 34 heavy (non-hydrogen) atoms. The Hall–Kier alpha value is -3.73. The number of hydrogen-bond acceptors (Lipinski definition) is 5. The van der Waals surface area contributed by atoms with Gasteiger partial charge in [0.15, 0.2) is 28.6 Å². The summed E-state index contributed by atoms with van der Waals surface area (Å²) in [7, 11) is 0. The van der Waals surface area contributed by atoms with Crippen LogP contribution in [0.3, 0.4) is 0 Å². The topological polar surface area (TPSA) is 85.7 Å². The van der Waals surface area contributed by atoms with E-state index >= 15 is 4.39 Å². The van der Waals surface area contributed by atoms with E-state index in [1.165, 1.54) is 22.8 Å². The average molecular weight is 478 g/mol. The molecule has 1 unspecified atom stereocenters. The molecule has 178 valence electrons. The maximum atomic E-state index is 15.3. The van der Waals surface area contributed by atoms with Gasteiger partial charge in [-0.3, -0.25) is 0 Å². The predicted molar refractivity (Wildman–Crippen MR) is 114 cm³/mol. The lowest BCUT2D eigenvalue weighted by Crippen LogP contribution is -2.49. The maximum Gasteiger partial charge on any atom is 0.283 e. The monoisotopic (exact) mass is 478 g/mol. The van der Waals surface area contributed by atoms with Crippen LogP contribution in [0, 0.1) is 17.5 Å². The van der Waals surface area contributed by atoms with Crippen LogP contribution in [0.1, 0.15) is 18.9 Å². The van der Waals surface area contributed by atoms with E-state index in [4.69, 9.17) is 10.5 Å². The average Bonchev–Trinajstić information content (AvgIpc) is 3.17. The molecule has 11 heteroatoms. The van der Waals surface area contributed by atoms with Crippen molar-refractivity contribution >= 4 is 11.6 Å². The highest BCUT2D eigenvalue weighted by Crippen LogP contribution is 2.41. The van der Waals surface area contributed by atoms with Crippen LogP contribution in [-0.4, -0.2) is 32.2 Å². The molecular weight excluding hydrogens is 459 g/mol. The molecule has 2 aromatic heterocycles. The molecule has 0 amide bonds. The van der Waals surface area contributed by atoms with Crippen LogP contribution in [0.2, 0.25) is 0 Å². The molecule has 0 spiro atoms. The molecule has 1 atom stereocenters. The van der Waals surface area contributed by atoms with Gasteiger partial charge in [0.05, 0.1) is 0 Å². The molecule has 3 N–H and O–H groups in total. The van der Waals surface area contributed by atoms with Gasteiger partial charge < -0.3 is 15.6 Å². The largest absolute Gasteiger partial charge is 0.484 e. The molecule has 0 saturated heterocycles. The third kappa shape index (κ3) is 4.03. The summed E-state index contributed by atoms with van der Waals surface area (Å²) >= 11 is 0. The van der Waals surface area contributed by atoms with Crippen LogP contribution in [-0.2, 0) is 5.60 Å². The second-order valence-electron chi connectivity index (χ2n) is 7.64. The van der Waals surface area contributed by atoms with Gasteiger partial charge in [-0.05, 0) is 47.5 Å². The first kappa shape index (κ1) is 23.4. The highest BCUT2D eigenvalue weighted by Gasteiger charge is 2.53. The Balaban J connectivity index is 1.72. The Bertz CT molecular complexity index is 1360. The van der Waals surface area contributed by atoms with Crippen LogP contribution in [0.5, 0.6) is 5.75 Å². The van der Waals surface area contributed by atoms with Gasteiger partial charge in [0.2, 0.25) is 5.95 Å². The third-order valence-electron chi connectivity index (χ3n) is 5.49. The number of aromatic nitrogens is 3. The Kier molecular flexibility index (Phi) is 5.90. The molecule has 4 aromatic rings. The van der Waals surface area contributed by atoms with Crippen LogP contribution in [0.15, 0.2) is 54.7 Å².